The predicted molar refractivity (Wildman–Crippen MR) is 135 cm³/mol. The van der Waals surface area contributed by atoms with E-state index in [1.807, 2.05) is 99.6 Å². The van der Waals surface area contributed by atoms with E-state index in [-0.39, 0.29) is 11.8 Å². The average Bonchev–Trinajstić information content (AvgIpc) is 3.31. The van der Waals surface area contributed by atoms with Gasteiger partial charge in [0.05, 0.1) is 23.2 Å². The molecule has 2 heterocycles. The second-order valence-electron chi connectivity index (χ2n) is 8.85. The Bertz CT molecular complexity index is 1220. The fourth-order valence-corrected chi connectivity index (χ4v) is 4.95. The van der Waals surface area contributed by atoms with Crippen LogP contribution in [-0.4, -0.2) is 23.2 Å². The Morgan fingerprint density at radius 2 is 1.12 bits per heavy atom. The first kappa shape index (κ1) is 21.8. The fraction of sp³-hybridized carbons (Fsp3) is 0.214. The van der Waals surface area contributed by atoms with E-state index in [1.165, 1.54) is 10.0 Å². The number of amides is 2. The minimum absolute atomic E-state index is 0.131. The van der Waals surface area contributed by atoms with Gasteiger partial charge < -0.3 is 0 Å². The highest BCUT2D eigenvalue weighted by molar-refractivity contribution is 6.19. The van der Waals surface area contributed by atoms with Crippen molar-refractivity contribution < 1.29 is 9.59 Å². The van der Waals surface area contributed by atoms with Gasteiger partial charge in [0.15, 0.2) is 0 Å². The molecule has 3 aromatic carbocycles. The summed E-state index contributed by atoms with van der Waals surface area (Å²) < 4.78 is 0. The molecule has 34 heavy (non-hydrogen) atoms. The van der Waals surface area contributed by atoms with E-state index in [0.717, 1.165) is 11.1 Å². The van der Waals surface area contributed by atoms with Gasteiger partial charge in [0.1, 0.15) is 0 Å². The summed E-state index contributed by atoms with van der Waals surface area (Å²) in [6, 6.07) is 26.8. The number of aryl methyl sites for hydroxylation is 1. The van der Waals surface area contributed by atoms with Gasteiger partial charge in [0.2, 0.25) is 0 Å². The number of carbonyl (C=O) groups excluding carboxylic acids is 2. The van der Waals surface area contributed by atoms with Gasteiger partial charge in [-0.3, -0.25) is 9.59 Å². The summed E-state index contributed by atoms with van der Waals surface area (Å²) in [7, 11) is 0. The number of anilines is 2. The van der Waals surface area contributed by atoms with Crippen LogP contribution in [0.25, 0.3) is 0 Å². The zero-order chi connectivity index (χ0) is 23.8. The van der Waals surface area contributed by atoms with Crippen molar-refractivity contribution in [2.45, 2.75) is 26.7 Å². The van der Waals surface area contributed by atoms with Gasteiger partial charge in [-0.2, -0.15) is 10.2 Å². The lowest BCUT2D eigenvalue weighted by Gasteiger charge is -2.29. The van der Waals surface area contributed by atoms with Gasteiger partial charge in [0, 0.05) is 17.3 Å². The Morgan fingerprint density at radius 3 is 1.56 bits per heavy atom. The molecule has 0 saturated heterocycles. The molecular weight excluding hydrogens is 424 g/mol. The van der Waals surface area contributed by atoms with Crippen molar-refractivity contribution >= 4 is 34.6 Å². The second kappa shape index (κ2) is 8.71. The van der Waals surface area contributed by atoms with Gasteiger partial charge in [0.25, 0.3) is 11.8 Å². The molecule has 0 fully saturated rings. The van der Waals surface area contributed by atoms with Gasteiger partial charge in [-0.1, -0.05) is 66.2 Å². The number of hydrazone groups is 2. The Balaban J connectivity index is 1.58. The quantitative estimate of drug-likeness (QED) is 0.539. The number of rotatable bonds is 5. The summed E-state index contributed by atoms with van der Waals surface area (Å²) >= 11 is 0. The number of hydrogen-bond donors (Lipinski definition) is 0. The molecule has 2 amide bonds. The summed E-state index contributed by atoms with van der Waals surface area (Å²) in [5, 5.41) is 12.2. The molecule has 6 heteroatoms. The monoisotopic (exact) mass is 450 g/mol. The Kier molecular flexibility index (Phi) is 5.57. The SMILES string of the molecule is CC1=NN(c2ccccc2)C(=O)C1C(c1cccc(C)c1)C1C(=O)N(c2ccccc2)N=C1C. The second-order valence-corrected chi connectivity index (χ2v) is 8.85. The van der Waals surface area contributed by atoms with Crippen LogP contribution >= 0.6 is 0 Å². The molecule has 0 N–H and O–H groups in total. The van der Waals surface area contributed by atoms with E-state index in [2.05, 4.69) is 16.3 Å². The molecule has 0 saturated carbocycles. The molecule has 2 aliphatic heterocycles. The van der Waals surface area contributed by atoms with Gasteiger partial charge in [-0.15, -0.1) is 0 Å². The number of nitrogens with zero attached hydrogens (tertiary/aromatic N) is 4. The smallest absolute Gasteiger partial charge is 0.256 e. The van der Waals surface area contributed by atoms with Crippen LogP contribution in [0.4, 0.5) is 11.4 Å². The fourth-order valence-electron chi connectivity index (χ4n) is 4.95. The number of carbonyl (C=O) groups is 2. The molecule has 3 aromatic rings. The minimum atomic E-state index is -0.572. The van der Waals surface area contributed by atoms with Crippen LogP contribution in [0.5, 0.6) is 0 Å². The van der Waals surface area contributed by atoms with E-state index in [4.69, 9.17) is 0 Å². The van der Waals surface area contributed by atoms with Crippen LogP contribution in [0, 0.1) is 18.8 Å². The van der Waals surface area contributed by atoms with Crippen LogP contribution in [0.15, 0.2) is 95.1 Å². The van der Waals surface area contributed by atoms with Crippen molar-refractivity contribution in [2.24, 2.45) is 22.0 Å². The minimum Gasteiger partial charge on any atom is -0.272 e. The summed E-state index contributed by atoms with van der Waals surface area (Å²) in [4.78, 5) is 27.6. The highest BCUT2D eigenvalue weighted by Gasteiger charge is 2.50. The van der Waals surface area contributed by atoms with E-state index < -0.39 is 17.8 Å². The maximum Gasteiger partial charge on any atom is 0.256 e. The standard InChI is InChI=1S/C28H26N4O2/c1-18-11-10-12-21(17-18)26(24-19(2)29-31(27(24)33)22-13-6-4-7-14-22)25-20(3)30-32(28(25)34)23-15-8-5-9-16-23/h4-17,24-26H,1-3H3. The molecular formula is C28H26N4O2. The summed E-state index contributed by atoms with van der Waals surface area (Å²) in [6.45, 7) is 5.76. The molecule has 0 bridgehead atoms. The molecule has 0 radical (unpaired) electrons. The van der Waals surface area contributed by atoms with Crippen LogP contribution in [0.2, 0.25) is 0 Å². The zero-order valence-corrected chi connectivity index (χ0v) is 19.4. The zero-order valence-electron chi connectivity index (χ0n) is 19.4. The van der Waals surface area contributed by atoms with Crippen LogP contribution in [0.1, 0.15) is 30.9 Å². The van der Waals surface area contributed by atoms with E-state index >= 15 is 0 Å². The molecule has 2 unspecified atom stereocenters. The Hall–Kier alpha value is -4.06. The van der Waals surface area contributed by atoms with Gasteiger partial charge >= 0.3 is 0 Å². The van der Waals surface area contributed by atoms with Crippen LogP contribution in [-0.2, 0) is 9.59 Å². The average molecular weight is 451 g/mol. The normalized spacial score (nSPS) is 21.0. The molecule has 6 nitrogen and oxygen atoms in total. The molecule has 0 spiro atoms. The number of benzene rings is 3. The van der Waals surface area contributed by atoms with E-state index in [1.54, 1.807) is 0 Å². The molecule has 0 aromatic heterocycles. The highest BCUT2D eigenvalue weighted by Crippen LogP contribution is 2.42. The molecule has 170 valence electrons. The molecule has 2 aliphatic rings. The van der Waals surface area contributed by atoms with Crippen molar-refractivity contribution in [3.05, 3.63) is 96.1 Å². The Labute approximate surface area is 199 Å². The van der Waals surface area contributed by atoms with Crippen molar-refractivity contribution in [2.75, 3.05) is 10.0 Å². The molecule has 2 atom stereocenters. The summed E-state index contributed by atoms with van der Waals surface area (Å²) in [5.74, 6) is -1.83. The third kappa shape index (κ3) is 3.71. The first-order valence-electron chi connectivity index (χ1n) is 11.4. The van der Waals surface area contributed by atoms with Gasteiger partial charge in [-0.05, 0) is 50.6 Å². The summed E-state index contributed by atoms with van der Waals surface area (Å²) in [5.41, 5.74) is 4.82. The highest BCUT2D eigenvalue weighted by atomic mass is 16.2. The van der Waals surface area contributed by atoms with Crippen molar-refractivity contribution in [1.29, 1.82) is 0 Å². The topological polar surface area (TPSA) is 65.3 Å². The first-order chi connectivity index (χ1) is 16.5. The van der Waals surface area contributed by atoms with E-state index in [0.29, 0.717) is 22.8 Å². The lowest BCUT2D eigenvalue weighted by atomic mass is 9.72. The Morgan fingerprint density at radius 1 is 0.647 bits per heavy atom. The third-order valence-corrected chi connectivity index (χ3v) is 6.51. The molecule has 0 aliphatic carbocycles. The van der Waals surface area contributed by atoms with Crippen LogP contribution < -0.4 is 10.0 Å². The molecule has 5 rings (SSSR count). The third-order valence-electron chi connectivity index (χ3n) is 6.51. The maximum absolute atomic E-state index is 13.8. The number of para-hydroxylation sites is 2. The number of hydrogen-bond acceptors (Lipinski definition) is 4. The van der Waals surface area contributed by atoms with Crippen LogP contribution in [0.3, 0.4) is 0 Å². The first-order valence-corrected chi connectivity index (χ1v) is 11.4. The predicted octanol–water partition coefficient (Wildman–Crippen LogP) is 5.16. The van der Waals surface area contributed by atoms with Crippen molar-refractivity contribution in [3.8, 4) is 0 Å². The summed E-state index contributed by atoms with van der Waals surface area (Å²) in [6.07, 6.45) is 0. The van der Waals surface area contributed by atoms with Crippen molar-refractivity contribution in [1.82, 2.24) is 0 Å². The maximum atomic E-state index is 13.8. The largest absolute Gasteiger partial charge is 0.272 e. The van der Waals surface area contributed by atoms with Gasteiger partial charge in [-0.25, -0.2) is 10.0 Å². The van der Waals surface area contributed by atoms with Crippen molar-refractivity contribution in [3.63, 3.8) is 0 Å². The van der Waals surface area contributed by atoms with E-state index in [9.17, 15) is 9.59 Å². The lowest BCUT2D eigenvalue weighted by Crippen LogP contribution is -2.40. The lowest BCUT2D eigenvalue weighted by molar-refractivity contribution is -0.122.